The second kappa shape index (κ2) is 7.87. The van der Waals surface area contributed by atoms with E-state index in [0.717, 1.165) is 47.6 Å². The Balaban J connectivity index is 1.43. The first-order valence-corrected chi connectivity index (χ1v) is 10.2. The van der Waals surface area contributed by atoms with Crippen molar-refractivity contribution in [3.05, 3.63) is 75.9 Å². The second-order valence-corrected chi connectivity index (χ2v) is 8.29. The van der Waals surface area contributed by atoms with Crippen molar-refractivity contribution in [2.24, 2.45) is 0 Å². The van der Waals surface area contributed by atoms with Crippen LogP contribution in [0.5, 0.6) is 0 Å². The van der Waals surface area contributed by atoms with Gasteiger partial charge in [0.2, 0.25) is 0 Å². The van der Waals surface area contributed by atoms with Gasteiger partial charge in [0.05, 0.1) is 5.69 Å². The standard InChI is InChI=1S/C22H23BrN4/c1-15(2)22-25-12-18-14-27(10-9-21(18)26-22)13-16-3-8-20(24-11-16)17-4-6-19(23)7-5-17/h3-8,11-12,15H,9-10,13-14H2,1-2H3. The summed E-state index contributed by atoms with van der Waals surface area (Å²) >= 11 is 3.47. The summed E-state index contributed by atoms with van der Waals surface area (Å²) in [5, 5.41) is 0. The Morgan fingerprint density at radius 3 is 2.56 bits per heavy atom. The van der Waals surface area contributed by atoms with E-state index < -0.39 is 0 Å². The Labute approximate surface area is 168 Å². The molecule has 3 aromatic rings. The fraction of sp³-hybridized carbons (Fsp3) is 0.318. The molecule has 5 heteroatoms. The molecule has 1 aliphatic rings. The van der Waals surface area contributed by atoms with E-state index in [4.69, 9.17) is 4.98 Å². The van der Waals surface area contributed by atoms with Gasteiger partial charge in [-0.05, 0) is 23.8 Å². The lowest BCUT2D eigenvalue weighted by Gasteiger charge is -2.28. The summed E-state index contributed by atoms with van der Waals surface area (Å²) in [6.07, 6.45) is 4.99. The summed E-state index contributed by atoms with van der Waals surface area (Å²) in [4.78, 5) is 16.4. The molecule has 0 bridgehead atoms. The van der Waals surface area contributed by atoms with Gasteiger partial charge in [0.1, 0.15) is 5.82 Å². The van der Waals surface area contributed by atoms with Gasteiger partial charge in [-0.25, -0.2) is 9.97 Å². The zero-order valence-corrected chi connectivity index (χ0v) is 17.3. The topological polar surface area (TPSA) is 41.9 Å². The molecule has 0 aliphatic carbocycles. The molecule has 0 fully saturated rings. The number of halogens is 1. The van der Waals surface area contributed by atoms with Crippen molar-refractivity contribution in [3.8, 4) is 11.3 Å². The second-order valence-electron chi connectivity index (χ2n) is 7.37. The Morgan fingerprint density at radius 2 is 1.85 bits per heavy atom. The lowest BCUT2D eigenvalue weighted by Crippen LogP contribution is -2.31. The first kappa shape index (κ1) is 18.3. The van der Waals surface area contributed by atoms with Gasteiger partial charge < -0.3 is 0 Å². The minimum atomic E-state index is 0.378. The van der Waals surface area contributed by atoms with Crippen LogP contribution < -0.4 is 0 Å². The summed E-state index contributed by atoms with van der Waals surface area (Å²) in [5.41, 5.74) is 5.84. The highest BCUT2D eigenvalue weighted by atomic mass is 79.9. The highest BCUT2D eigenvalue weighted by Crippen LogP contribution is 2.22. The van der Waals surface area contributed by atoms with E-state index in [1.54, 1.807) is 0 Å². The average Bonchev–Trinajstić information content (AvgIpc) is 2.69. The monoisotopic (exact) mass is 422 g/mol. The van der Waals surface area contributed by atoms with Crippen LogP contribution in [-0.2, 0) is 19.5 Å². The Kier molecular flexibility index (Phi) is 5.32. The molecule has 4 nitrogen and oxygen atoms in total. The number of benzene rings is 1. The maximum atomic E-state index is 4.75. The molecular weight excluding hydrogens is 400 g/mol. The van der Waals surface area contributed by atoms with Crippen molar-refractivity contribution in [2.75, 3.05) is 6.54 Å². The molecule has 0 N–H and O–H groups in total. The average molecular weight is 423 g/mol. The number of hydrogen-bond acceptors (Lipinski definition) is 4. The fourth-order valence-electron chi connectivity index (χ4n) is 3.37. The first-order chi connectivity index (χ1) is 13.1. The van der Waals surface area contributed by atoms with Crippen LogP contribution in [0.25, 0.3) is 11.3 Å². The van der Waals surface area contributed by atoms with E-state index in [-0.39, 0.29) is 0 Å². The summed E-state index contributed by atoms with van der Waals surface area (Å²) in [7, 11) is 0. The minimum Gasteiger partial charge on any atom is -0.294 e. The Hall–Kier alpha value is -2.11. The Morgan fingerprint density at radius 1 is 1.04 bits per heavy atom. The predicted octanol–water partition coefficient (Wildman–Crippen LogP) is 4.98. The van der Waals surface area contributed by atoms with E-state index >= 15 is 0 Å². The lowest BCUT2D eigenvalue weighted by atomic mass is 10.1. The van der Waals surface area contributed by atoms with E-state index in [2.05, 4.69) is 68.9 Å². The highest BCUT2D eigenvalue weighted by molar-refractivity contribution is 9.10. The number of fused-ring (bicyclic) bond motifs is 1. The van der Waals surface area contributed by atoms with Crippen molar-refractivity contribution in [2.45, 2.75) is 39.3 Å². The third-order valence-electron chi connectivity index (χ3n) is 4.92. The van der Waals surface area contributed by atoms with Crippen LogP contribution in [0.3, 0.4) is 0 Å². The first-order valence-electron chi connectivity index (χ1n) is 9.36. The maximum Gasteiger partial charge on any atom is 0.131 e. The number of pyridine rings is 1. The molecule has 3 heterocycles. The van der Waals surface area contributed by atoms with Crippen LogP contribution in [-0.4, -0.2) is 26.4 Å². The molecule has 0 unspecified atom stereocenters. The molecule has 4 rings (SSSR count). The van der Waals surface area contributed by atoms with Crippen molar-refractivity contribution in [3.63, 3.8) is 0 Å². The Bertz CT molecular complexity index is 920. The predicted molar refractivity (Wildman–Crippen MR) is 111 cm³/mol. The van der Waals surface area contributed by atoms with Gasteiger partial charge in [-0.1, -0.05) is 48.0 Å². The van der Waals surface area contributed by atoms with Crippen molar-refractivity contribution in [1.82, 2.24) is 19.9 Å². The highest BCUT2D eigenvalue weighted by Gasteiger charge is 2.19. The van der Waals surface area contributed by atoms with Crippen LogP contribution in [0.2, 0.25) is 0 Å². The molecule has 1 aromatic carbocycles. The fourth-order valence-corrected chi connectivity index (χ4v) is 3.64. The third-order valence-corrected chi connectivity index (χ3v) is 5.45. The number of rotatable bonds is 4. The molecule has 1 aliphatic heterocycles. The van der Waals surface area contributed by atoms with Crippen LogP contribution in [0.4, 0.5) is 0 Å². The van der Waals surface area contributed by atoms with Crippen LogP contribution in [0.1, 0.15) is 42.4 Å². The third kappa shape index (κ3) is 4.25. The van der Waals surface area contributed by atoms with Crippen molar-refractivity contribution in [1.29, 1.82) is 0 Å². The molecule has 0 saturated heterocycles. The zero-order chi connectivity index (χ0) is 18.8. The molecule has 0 atom stereocenters. The molecule has 0 spiro atoms. The quantitative estimate of drug-likeness (QED) is 0.594. The molecule has 138 valence electrons. The van der Waals surface area contributed by atoms with E-state index in [9.17, 15) is 0 Å². The van der Waals surface area contributed by atoms with E-state index in [1.165, 1.54) is 16.8 Å². The normalized spacial score (nSPS) is 14.4. The smallest absolute Gasteiger partial charge is 0.131 e. The molecule has 27 heavy (non-hydrogen) atoms. The van der Waals surface area contributed by atoms with Gasteiger partial charge in [0.15, 0.2) is 0 Å². The largest absolute Gasteiger partial charge is 0.294 e. The van der Waals surface area contributed by atoms with Crippen molar-refractivity contribution >= 4 is 15.9 Å². The van der Waals surface area contributed by atoms with Gasteiger partial charge in [-0.3, -0.25) is 9.88 Å². The van der Waals surface area contributed by atoms with E-state index in [0.29, 0.717) is 5.92 Å². The van der Waals surface area contributed by atoms with Gasteiger partial charge in [-0.15, -0.1) is 0 Å². The van der Waals surface area contributed by atoms with Crippen molar-refractivity contribution < 1.29 is 0 Å². The summed E-state index contributed by atoms with van der Waals surface area (Å²) in [5.74, 6) is 1.33. The van der Waals surface area contributed by atoms with Gasteiger partial charge in [0.25, 0.3) is 0 Å². The SMILES string of the molecule is CC(C)c1ncc2c(n1)CCN(Cc1ccc(-c3ccc(Br)cc3)nc1)C2. The van der Waals surface area contributed by atoms with Crippen LogP contribution in [0, 0.1) is 0 Å². The molecule has 0 radical (unpaired) electrons. The lowest BCUT2D eigenvalue weighted by molar-refractivity contribution is 0.242. The van der Waals surface area contributed by atoms with Crippen LogP contribution >= 0.6 is 15.9 Å². The molecule has 2 aromatic heterocycles. The van der Waals surface area contributed by atoms with Gasteiger partial charge in [0, 0.05) is 65.7 Å². The number of aromatic nitrogens is 3. The molecule has 0 saturated carbocycles. The molecule has 0 amide bonds. The number of nitrogens with zero attached hydrogens (tertiary/aromatic N) is 4. The summed E-state index contributed by atoms with van der Waals surface area (Å²) in [6.45, 7) is 7.11. The summed E-state index contributed by atoms with van der Waals surface area (Å²) in [6, 6.07) is 12.5. The summed E-state index contributed by atoms with van der Waals surface area (Å²) < 4.78 is 1.08. The zero-order valence-electron chi connectivity index (χ0n) is 15.7. The van der Waals surface area contributed by atoms with Crippen LogP contribution in [0.15, 0.2) is 53.3 Å². The van der Waals surface area contributed by atoms with E-state index in [1.807, 2.05) is 24.5 Å². The minimum absolute atomic E-state index is 0.378. The van der Waals surface area contributed by atoms with Gasteiger partial charge in [-0.2, -0.15) is 0 Å². The van der Waals surface area contributed by atoms with Gasteiger partial charge >= 0.3 is 0 Å². The number of hydrogen-bond donors (Lipinski definition) is 0. The maximum absolute atomic E-state index is 4.75. The molecular formula is C22H23BrN4.